The highest BCUT2D eigenvalue weighted by molar-refractivity contribution is 7.16. The summed E-state index contributed by atoms with van der Waals surface area (Å²) in [7, 11) is 0. The van der Waals surface area contributed by atoms with E-state index < -0.39 is 0 Å². The van der Waals surface area contributed by atoms with Gasteiger partial charge in [-0.2, -0.15) is 5.26 Å². The molecule has 1 aliphatic carbocycles. The number of hydrogen-bond acceptors (Lipinski definition) is 6. The molecule has 8 heteroatoms. The van der Waals surface area contributed by atoms with Gasteiger partial charge < -0.3 is 15.0 Å². The summed E-state index contributed by atoms with van der Waals surface area (Å²) in [4.78, 5) is 30.5. The van der Waals surface area contributed by atoms with E-state index in [1.54, 1.807) is 11.3 Å². The summed E-state index contributed by atoms with van der Waals surface area (Å²) >= 11 is 1.59. The normalized spacial score (nSPS) is 23.8. The first kappa shape index (κ1) is 24.2. The van der Waals surface area contributed by atoms with E-state index in [-0.39, 0.29) is 29.9 Å². The first-order valence-electron chi connectivity index (χ1n) is 12.3. The lowest BCUT2D eigenvalue weighted by molar-refractivity contribution is -0.142. The van der Waals surface area contributed by atoms with Crippen LogP contribution >= 0.6 is 11.3 Å². The van der Waals surface area contributed by atoms with Crippen molar-refractivity contribution >= 4 is 28.2 Å². The summed E-state index contributed by atoms with van der Waals surface area (Å²) in [6.07, 6.45) is 5.62. The number of rotatable bonds is 6. The van der Waals surface area contributed by atoms with Crippen LogP contribution < -0.4 is 5.32 Å². The molecule has 3 aliphatic rings. The average molecular weight is 473 g/mol. The van der Waals surface area contributed by atoms with Crippen LogP contribution in [0.1, 0.15) is 62.5 Å². The Kier molecular flexibility index (Phi) is 7.42. The van der Waals surface area contributed by atoms with Gasteiger partial charge in [-0.25, -0.2) is 0 Å². The number of hydrogen-bond donors (Lipinski definition) is 1. The minimum absolute atomic E-state index is 0.0870. The van der Waals surface area contributed by atoms with Crippen molar-refractivity contribution in [3.05, 3.63) is 16.0 Å². The summed E-state index contributed by atoms with van der Waals surface area (Å²) in [6.45, 7) is 10.4. The molecule has 4 rings (SSSR count). The third kappa shape index (κ3) is 5.26. The fourth-order valence-corrected chi connectivity index (χ4v) is 6.51. The predicted octanol–water partition coefficient (Wildman–Crippen LogP) is 3.42. The molecule has 33 heavy (non-hydrogen) atoms. The van der Waals surface area contributed by atoms with Gasteiger partial charge in [0, 0.05) is 37.7 Å². The quantitative estimate of drug-likeness (QED) is 0.686. The standard InChI is InChI=1S/C25H36N4O3S/c1-4-25(2,3)17-7-8-18-19(15-26)23(33-21(18)14-17)27-22(30)16-28-9-11-29(12-10-28)24(31)20-6-5-13-32-20/h17,20H,4-14,16H2,1-3H3,(H,27,30). The van der Waals surface area contributed by atoms with Crippen molar-refractivity contribution in [2.45, 2.75) is 65.4 Å². The van der Waals surface area contributed by atoms with E-state index in [2.05, 4.69) is 37.1 Å². The highest BCUT2D eigenvalue weighted by Crippen LogP contribution is 2.45. The molecule has 2 saturated heterocycles. The second-order valence-corrected chi connectivity index (χ2v) is 11.4. The zero-order valence-corrected chi connectivity index (χ0v) is 20.9. The minimum atomic E-state index is -0.281. The highest BCUT2D eigenvalue weighted by atomic mass is 32.1. The Morgan fingerprint density at radius 2 is 2.00 bits per heavy atom. The van der Waals surface area contributed by atoms with Crippen LogP contribution in [-0.2, 0) is 27.2 Å². The number of nitriles is 1. The molecule has 1 aromatic heterocycles. The Labute approximate surface area is 201 Å². The van der Waals surface area contributed by atoms with Crippen molar-refractivity contribution in [2.75, 3.05) is 44.6 Å². The Morgan fingerprint density at radius 1 is 1.24 bits per heavy atom. The van der Waals surface area contributed by atoms with E-state index in [0.29, 0.717) is 49.3 Å². The number of anilines is 1. The maximum Gasteiger partial charge on any atom is 0.251 e. The molecule has 7 nitrogen and oxygen atoms in total. The van der Waals surface area contributed by atoms with E-state index in [9.17, 15) is 14.9 Å². The number of ether oxygens (including phenoxy) is 1. The number of carbonyl (C=O) groups is 2. The molecule has 2 amide bonds. The molecule has 0 spiro atoms. The van der Waals surface area contributed by atoms with Crippen LogP contribution in [0.2, 0.25) is 0 Å². The number of amides is 2. The monoisotopic (exact) mass is 472 g/mol. The number of piperazine rings is 1. The first-order chi connectivity index (χ1) is 15.8. The smallest absolute Gasteiger partial charge is 0.251 e. The van der Waals surface area contributed by atoms with Crippen molar-refractivity contribution < 1.29 is 14.3 Å². The number of nitrogens with zero attached hydrogens (tertiary/aromatic N) is 3. The van der Waals surface area contributed by atoms with Crippen LogP contribution in [0.3, 0.4) is 0 Å². The molecule has 2 unspecified atom stereocenters. The van der Waals surface area contributed by atoms with E-state index in [1.807, 2.05) is 4.90 Å². The minimum Gasteiger partial charge on any atom is -0.368 e. The maximum atomic E-state index is 12.8. The van der Waals surface area contributed by atoms with E-state index in [0.717, 1.165) is 44.1 Å². The zero-order chi connectivity index (χ0) is 23.6. The van der Waals surface area contributed by atoms with Crippen molar-refractivity contribution in [3.63, 3.8) is 0 Å². The first-order valence-corrected chi connectivity index (χ1v) is 13.1. The molecule has 2 atom stereocenters. The molecule has 1 aromatic rings. The molecule has 0 radical (unpaired) electrons. The van der Waals surface area contributed by atoms with Gasteiger partial charge in [0.15, 0.2) is 0 Å². The number of nitrogens with one attached hydrogen (secondary N) is 1. The SMILES string of the molecule is CCC(C)(C)C1CCc2c(sc(NC(=O)CN3CCN(C(=O)C4CCCO4)CC3)c2C#N)C1. The van der Waals surface area contributed by atoms with Crippen LogP contribution in [-0.4, -0.2) is 67.0 Å². The topological polar surface area (TPSA) is 85.7 Å². The van der Waals surface area contributed by atoms with E-state index >= 15 is 0 Å². The lowest BCUT2D eigenvalue weighted by atomic mass is 9.69. The van der Waals surface area contributed by atoms with Crippen molar-refractivity contribution in [2.24, 2.45) is 11.3 Å². The second-order valence-electron chi connectivity index (χ2n) is 10.3. The van der Waals surface area contributed by atoms with Gasteiger partial charge in [0.1, 0.15) is 17.2 Å². The Bertz CT molecular complexity index is 921. The molecule has 2 aliphatic heterocycles. The highest BCUT2D eigenvalue weighted by Gasteiger charge is 2.34. The van der Waals surface area contributed by atoms with Gasteiger partial charge in [-0.3, -0.25) is 14.5 Å². The zero-order valence-electron chi connectivity index (χ0n) is 20.1. The lowest BCUT2D eigenvalue weighted by Crippen LogP contribution is -2.52. The Morgan fingerprint density at radius 3 is 2.64 bits per heavy atom. The molecule has 180 valence electrons. The van der Waals surface area contributed by atoms with E-state index in [4.69, 9.17) is 4.74 Å². The third-order valence-corrected chi connectivity index (χ3v) is 9.07. The lowest BCUT2D eigenvalue weighted by Gasteiger charge is -2.36. The van der Waals surface area contributed by atoms with Gasteiger partial charge in [-0.05, 0) is 49.0 Å². The molecular weight excluding hydrogens is 436 g/mol. The van der Waals surface area contributed by atoms with Gasteiger partial charge in [0.25, 0.3) is 5.91 Å². The molecule has 3 heterocycles. The summed E-state index contributed by atoms with van der Waals surface area (Å²) in [5.74, 6) is 0.607. The van der Waals surface area contributed by atoms with Gasteiger partial charge in [0.05, 0.1) is 12.1 Å². The van der Waals surface area contributed by atoms with Crippen LogP contribution in [0.4, 0.5) is 5.00 Å². The van der Waals surface area contributed by atoms with Gasteiger partial charge in [0.2, 0.25) is 5.91 Å². The second kappa shape index (κ2) is 10.1. The largest absolute Gasteiger partial charge is 0.368 e. The molecule has 0 saturated carbocycles. The number of fused-ring (bicyclic) bond motifs is 1. The van der Waals surface area contributed by atoms with Crippen molar-refractivity contribution in [1.82, 2.24) is 9.80 Å². The number of thiophene rings is 1. The molecular formula is C25H36N4O3S. The summed E-state index contributed by atoms with van der Waals surface area (Å²) in [5.41, 5.74) is 2.08. The molecule has 1 N–H and O–H groups in total. The van der Waals surface area contributed by atoms with Gasteiger partial charge in [-0.1, -0.05) is 27.2 Å². The van der Waals surface area contributed by atoms with Crippen LogP contribution in [0.5, 0.6) is 0 Å². The summed E-state index contributed by atoms with van der Waals surface area (Å²) < 4.78 is 5.52. The van der Waals surface area contributed by atoms with Crippen LogP contribution in [0, 0.1) is 22.7 Å². The number of carbonyl (C=O) groups excluding carboxylic acids is 2. The summed E-state index contributed by atoms with van der Waals surface area (Å²) in [5, 5.41) is 13.5. The fraction of sp³-hybridized carbons (Fsp3) is 0.720. The van der Waals surface area contributed by atoms with E-state index in [1.165, 1.54) is 4.88 Å². The third-order valence-electron chi connectivity index (χ3n) is 7.90. The van der Waals surface area contributed by atoms with Crippen LogP contribution in [0.25, 0.3) is 0 Å². The van der Waals surface area contributed by atoms with Crippen LogP contribution in [0.15, 0.2) is 0 Å². The Balaban J connectivity index is 1.32. The van der Waals surface area contributed by atoms with Crippen molar-refractivity contribution in [1.29, 1.82) is 5.26 Å². The Hall–Kier alpha value is -1.95. The van der Waals surface area contributed by atoms with Gasteiger partial charge in [-0.15, -0.1) is 11.3 Å². The predicted molar refractivity (Wildman–Crippen MR) is 129 cm³/mol. The average Bonchev–Trinajstić information content (AvgIpc) is 3.46. The van der Waals surface area contributed by atoms with Gasteiger partial charge >= 0.3 is 0 Å². The fourth-order valence-electron chi connectivity index (χ4n) is 5.22. The molecule has 2 fully saturated rings. The summed E-state index contributed by atoms with van der Waals surface area (Å²) in [6, 6.07) is 2.35. The molecule has 0 aromatic carbocycles. The maximum absolute atomic E-state index is 12.8. The van der Waals surface area contributed by atoms with Crippen molar-refractivity contribution in [3.8, 4) is 6.07 Å². The molecule has 0 bridgehead atoms.